The number of amidine groups is 1. The zero-order valence-electron chi connectivity index (χ0n) is 13.3. The van der Waals surface area contributed by atoms with Crippen LogP contribution in [-0.4, -0.2) is 59.5 Å². The molecule has 1 rings (SSSR count). The summed E-state index contributed by atoms with van der Waals surface area (Å²) in [6.45, 7) is 14.9. The number of halogens is 1. The van der Waals surface area contributed by atoms with Gasteiger partial charge < -0.3 is 17.1 Å². The first kappa shape index (κ1) is 19.2. The number of rotatable bonds is 7. The molecule has 0 fully saturated rings. The lowest BCUT2D eigenvalue weighted by atomic mass is 10.3. The van der Waals surface area contributed by atoms with E-state index in [4.69, 9.17) is 9.57 Å². The van der Waals surface area contributed by atoms with Crippen LogP contribution in [0.1, 0.15) is 34.6 Å². The minimum absolute atomic E-state index is 0. The van der Waals surface area contributed by atoms with E-state index in [9.17, 15) is 0 Å². The van der Waals surface area contributed by atoms with Gasteiger partial charge in [-0.05, 0) is 33.9 Å². The summed E-state index contributed by atoms with van der Waals surface area (Å²) >= 11 is 0. The lowest BCUT2D eigenvalue weighted by Crippen LogP contribution is -3.00. The van der Waals surface area contributed by atoms with Gasteiger partial charge in [-0.15, -0.1) is 0 Å². The SMILES string of the molecule is CCON1C(=[N+](CC)CC)OC=CC1N(CC)CC.[Cl-]. The smallest absolute Gasteiger partial charge is 0.484 e. The predicted octanol–water partition coefficient (Wildman–Crippen LogP) is -1.14. The van der Waals surface area contributed by atoms with Gasteiger partial charge in [0, 0.05) is 6.08 Å². The zero-order chi connectivity index (χ0) is 14.3. The van der Waals surface area contributed by atoms with Gasteiger partial charge in [0.05, 0.1) is 19.7 Å². The second-order valence-electron chi connectivity index (χ2n) is 4.28. The van der Waals surface area contributed by atoms with E-state index in [1.807, 2.05) is 18.1 Å². The topological polar surface area (TPSA) is 28.0 Å². The van der Waals surface area contributed by atoms with E-state index >= 15 is 0 Å². The van der Waals surface area contributed by atoms with Gasteiger partial charge in [-0.3, -0.25) is 4.90 Å². The summed E-state index contributed by atoms with van der Waals surface area (Å²) in [7, 11) is 0. The maximum absolute atomic E-state index is 5.81. The highest BCUT2D eigenvalue weighted by Crippen LogP contribution is 2.15. The number of likely N-dealkylation sites (N-methyl/N-ethyl adjacent to an activating group) is 1. The Morgan fingerprint density at radius 2 is 1.80 bits per heavy atom. The fourth-order valence-electron chi connectivity index (χ4n) is 2.26. The quantitative estimate of drug-likeness (QED) is 0.556. The van der Waals surface area contributed by atoms with Crippen molar-refractivity contribution in [3.63, 3.8) is 0 Å². The number of nitrogens with zero attached hydrogens (tertiary/aromatic N) is 3. The summed E-state index contributed by atoms with van der Waals surface area (Å²) in [6.07, 6.45) is 3.90. The molecular formula is C14H28ClN3O2. The summed E-state index contributed by atoms with van der Waals surface area (Å²) in [5.41, 5.74) is 0. The zero-order valence-corrected chi connectivity index (χ0v) is 14.1. The van der Waals surface area contributed by atoms with Crippen molar-refractivity contribution in [1.82, 2.24) is 9.96 Å². The highest BCUT2D eigenvalue weighted by atomic mass is 35.5. The molecule has 0 bridgehead atoms. The fraction of sp³-hybridized carbons (Fsp3) is 0.786. The van der Waals surface area contributed by atoms with E-state index in [1.54, 1.807) is 6.26 Å². The molecule has 0 radical (unpaired) electrons. The molecule has 0 aromatic heterocycles. The molecule has 1 heterocycles. The summed E-state index contributed by atoms with van der Waals surface area (Å²) in [5, 5.41) is 1.89. The van der Waals surface area contributed by atoms with Gasteiger partial charge >= 0.3 is 6.02 Å². The largest absolute Gasteiger partial charge is 1.00 e. The third-order valence-corrected chi connectivity index (χ3v) is 3.34. The van der Waals surface area contributed by atoms with Crippen LogP contribution in [0.5, 0.6) is 0 Å². The third kappa shape index (κ3) is 4.36. The van der Waals surface area contributed by atoms with Crippen LogP contribution in [0.3, 0.4) is 0 Å². The van der Waals surface area contributed by atoms with Crippen molar-refractivity contribution in [3.8, 4) is 0 Å². The van der Waals surface area contributed by atoms with E-state index < -0.39 is 0 Å². The molecule has 0 N–H and O–H groups in total. The van der Waals surface area contributed by atoms with Crippen LogP contribution in [0.2, 0.25) is 0 Å². The first-order valence-electron chi connectivity index (χ1n) is 7.34. The van der Waals surface area contributed by atoms with Crippen LogP contribution in [-0.2, 0) is 9.57 Å². The Morgan fingerprint density at radius 1 is 1.20 bits per heavy atom. The van der Waals surface area contributed by atoms with Gasteiger partial charge in [-0.25, -0.2) is 4.58 Å². The van der Waals surface area contributed by atoms with Crippen molar-refractivity contribution in [3.05, 3.63) is 12.3 Å². The van der Waals surface area contributed by atoms with Crippen molar-refractivity contribution in [2.45, 2.75) is 40.8 Å². The molecule has 20 heavy (non-hydrogen) atoms. The van der Waals surface area contributed by atoms with E-state index in [0.717, 1.165) is 32.2 Å². The molecule has 1 aliphatic rings. The summed E-state index contributed by atoms with van der Waals surface area (Å²) in [4.78, 5) is 8.15. The molecule has 0 aromatic rings. The van der Waals surface area contributed by atoms with Crippen molar-refractivity contribution in [2.24, 2.45) is 0 Å². The van der Waals surface area contributed by atoms with Gasteiger partial charge in [0.2, 0.25) is 6.17 Å². The number of hydroxylamine groups is 2. The normalized spacial score (nSPS) is 18.0. The Balaban J connectivity index is 0.00000361. The Morgan fingerprint density at radius 3 is 2.25 bits per heavy atom. The highest BCUT2D eigenvalue weighted by Gasteiger charge is 2.38. The third-order valence-electron chi connectivity index (χ3n) is 3.34. The minimum atomic E-state index is 0. The van der Waals surface area contributed by atoms with Crippen molar-refractivity contribution in [2.75, 3.05) is 32.8 Å². The highest BCUT2D eigenvalue weighted by molar-refractivity contribution is 5.69. The van der Waals surface area contributed by atoms with E-state index in [2.05, 4.69) is 37.2 Å². The first-order chi connectivity index (χ1) is 9.23. The summed E-state index contributed by atoms with van der Waals surface area (Å²) in [5.74, 6) is 0. The van der Waals surface area contributed by atoms with Crippen molar-refractivity contribution >= 4 is 6.02 Å². The molecule has 0 spiro atoms. The Kier molecular flexibility index (Phi) is 9.63. The minimum Gasteiger partial charge on any atom is -1.00 e. The predicted molar refractivity (Wildman–Crippen MR) is 76.7 cm³/mol. The van der Waals surface area contributed by atoms with Gasteiger partial charge in [-0.1, -0.05) is 18.9 Å². The van der Waals surface area contributed by atoms with E-state index in [0.29, 0.717) is 6.61 Å². The maximum atomic E-state index is 5.81. The van der Waals surface area contributed by atoms with Gasteiger partial charge in [0.25, 0.3) is 0 Å². The molecule has 0 aromatic carbocycles. The molecule has 5 nitrogen and oxygen atoms in total. The molecule has 1 atom stereocenters. The molecule has 0 saturated carbocycles. The lowest BCUT2D eigenvalue weighted by Gasteiger charge is -2.32. The second kappa shape index (κ2) is 10.0. The first-order valence-corrected chi connectivity index (χ1v) is 7.34. The molecule has 1 aliphatic heterocycles. The summed E-state index contributed by atoms with van der Waals surface area (Å²) < 4.78 is 7.86. The Labute approximate surface area is 129 Å². The lowest BCUT2D eigenvalue weighted by molar-refractivity contribution is -0.540. The van der Waals surface area contributed by atoms with Crippen LogP contribution < -0.4 is 12.4 Å². The Hall–Kier alpha value is -0.780. The molecule has 0 aliphatic carbocycles. The van der Waals surface area contributed by atoms with Crippen LogP contribution in [0, 0.1) is 0 Å². The van der Waals surface area contributed by atoms with Crippen LogP contribution in [0.15, 0.2) is 12.3 Å². The average molecular weight is 306 g/mol. The molecule has 1 unspecified atom stereocenters. The van der Waals surface area contributed by atoms with Crippen LogP contribution in [0.25, 0.3) is 0 Å². The number of hydrogen-bond donors (Lipinski definition) is 0. The molecule has 118 valence electrons. The number of hydrogen-bond acceptors (Lipinski definition) is 3. The molecular weight excluding hydrogens is 278 g/mol. The maximum Gasteiger partial charge on any atom is 0.484 e. The molecule has 0 saturated heterocycles. The van der Waals surface area contributed by atoms with Crippen LogP contribution in [0.4, 0.5) is 0 Å². The average Bonchev–Trinajstić information content (AvgIpc) is 2.44. The van der Waals surface area contributed by atoms with Crippen molar-refractivity contribution < 1.29 is 26.6 Å². The molecule has 6 heteroatoms. The van der Waals surface area contributed by atoms with Gasteiger partial charge in [0.15, 0.2) is 0 Å². The monoisotopic (exact) mass is 305 g/mol. The Bertz CT molecular complexity index is 324. The van der Waals surface area contributed by atoms with E-state index in [1.165, 1.54) is 0 Å². The van der Waals surface area contributed by atoms with Crippen molar-refractivity contribution in [1.29, 1.82) is 0 Å². The number of ether oxygens (including phenoxy) is 1. The standard InChI is InChI=1S/C14H28N3O2.ClH/c1-6-15(7-2)13-11-12-18-14(16(8-3)9-4)17(13)19-10-5;/h11-13H,6-10H2,1-5H3;1H/q+1;/p-1. The van der Waals surface area contributed by atoms with Gasteiger partial charge in [0.1, 0.15) is 6.26 Å². The van der Waals surface area contributed by atoms with E-state index in [-0.39, 0.29) is 18.6 Å². The van der Waals surface area contributed by atoms with Gasteiger partial charge in [-0.2, -0.15) is 4.84 Å². The second-order valence-corrected chi connectivity index (χ2v) is 4.28. The summed E-state index contributed by atoms with van der Waals surface area (Å²) in [6, 6.07) is 0.784. The fourth-order valence-corrected chi connectivity index (χ4v) is 2.26. The molecule has 0 amide bonds. The van der Waals surface area contributed by atoms with Crippen LogP contribution >= 0.6 is 0 Å².